The first-order chi connectivity index (χ1) is 23.2. The number of hydrogen-bond acceptors (Lipinski definition) is 16. The Morgan fingerprint density at radius 1 is 0.345 bits per heavy atom. The Morgan fingerprint density at radius 2 is 0.517 bits per heavy atom. The Morgan fingerprint density at radius 3 is 0.638 bits per heavy atom. The van der Waals surface area contributed by atoms with Crippen LogP contribution >= 0.6 is 0 Å². The molecule has 6 heterocycles. The molecule has 0 aromatic carbocycles. The van der Waals surface area contributed by atoms with Gasteiger partial charge in [-0.2, -0.15) is 0 Å². The van der Waals surface area contributed by atoms with Crippen molar-refractivity contribution in [3.05, 3.63) is 120 Å². The van der Waals surface area contributed by atoms with E-state index in [1.165, 1.54) is 24.8 Å². The first kappa shape index (κ1) is 63.3. The van der Waals surface area contributed by atoms with Crippen molar-refractivity contribution in [2.45, 2.75) is 0 Å². The number of carbonyl (C=O) groups is 4. The van der Waals surface area contributed by atoms with E-state index in [9.17, 15) is 39.6 Å². The molecule has 6 aromatic rings. The summed E-state index contributed by atoms with van der Waals surface area (Å²) >= 11 is 0. The van der Waals surface area contributed by atoms with Gasteiger partial charge < -0.3 is 83.4 Å². The third-order valence-electron chi connectivity index (χ3n) is 6.20. The summed E-state index contributed by atoms with van der Waals surface area (Å²) in [6, 6.07) is 19.8. The summed E-state index contributed by atoms with van der Waals surface area (Å²) in [5.74, 6) is -7.09. The van der Waals surface area contributed by atoms with E-state index in [0.29, 0.717) is 22.8 Å². The topological polar surface area (TPSA) is 522 Å². The number of pyridine rings is 4. The van der Waals surface area contributed by atoms with E-state index in [-0.39, 0.29) is 101 Å². The maximum absolute atomic E-state index is 11.2. The van der Waals surface area contributed by atoms with Crippen LogP contribution in [-0.4, -0.2) is 85.7 Å². The molecule has 0 aliphatic heterocycles. The van der Waals surface area contributed by atoms with Crippen molar-refractivity contribution in [2.24, 2.45) is 0 Å². The fourth-order valence-corrected chi connectivity index (χ4v) is 4.17. The number of hydrogen-bond donors (Lipinski definition) is 0. The molecule has 24 nitrogen and oxygen atoms in total. The largest absolute Gasteiger partial charge is 2.00 e. The minimum Gasteiger partial charge on any atom is -0.543 e. The zero-order valence-electron chi connectivity index (χ0n) is 29.1. The number of rotatable bonds is 8. The molecule has 6 aromatic heterocycles. The van der Waals surface area contributed by atoms with Gasteiger partial charge in [0, 0.05) is 24.8 Å². The first-order valence-electron chi connectivity index (χ1n) is 13.5. The number of carboxylic acid groups (broad SMARTS) is 4. The van der Waals surface area contributed by atoms with Crippen molar-refractivity contribution in [1.29, 1.82) is 0 Å². The molecular formula is C32H36Mn2N8O16+4. The standard InChI is InChI=1S/2C16H10N4O4.2Mn.8H2O/c2*21-15(22)13-14(16(23)24)20-12(10-6-2-4-8-18-10)11(19-13)9-5-1-3-7-17-9;;;;;;;;;;/h2*1-8H,(H,21,22)(H,23,24);;;8*1H2/q;;2*+2;;;;;;;;. The third-order valence-corrected chi connectivity index (χ3v) is 6.20. The average Bonchev–Trinajstić information content (AvgIpc) is 3.12. The predicted molar refractivity (Wildman–Crippen MR) is 188 cm³/mol. The maximum Gasteiger partial charge on any atom is 2.00 e. The molecule has 0 unspecified atom stereocenters. The molecule has 0 spiro atoms. The van der Waals surface area contributed by atoms with Gasteiger partial charge in [0.1, 0.15) is 45.6 Å². The monoisotopic (exact) mass is 898 g/mol. The summed E-state index contributed by atoms with van der Waals surface area (Å²) < 4.78 is 0. The van der Waals surface area contributed by atoms with Crippen LogP contribution in [0.1, 0.15) is 42.0 Å². The smallest absolute Gasteiger partial charge is 0.543 e. The quantitative estimate of drug-likeness (QED) is 0.101. The molecule has 2 radical (unpaired) electrons. The molecule has 310 valence electrons. The molecule has 0 atom stereocenters. The molecule has 0 aliphatic carbocycles. The van der Waals surface area contributed by atoms with Crippen LogP contribution in [0, 0.1) is 0 Å². The van der Waals surface area contributed by atoms with Gasteiger partial charge in [-0.25, -0.2) is 19.9 Å². The van der Waals surface area contributed by atoms with E-state index < -0.39 is 46.7 Å². The zero-order chi connectivity index (χ0) is 34.2. The molecular weight excluding hydrogens is 862 g/mol. The molecule has 0 saturated carbocycles. The molecule has 26 heteroatoms. The summed E-state index contributed by atoms with van der Waals surface area (Å²) in [6.45, 7) is 0. The van der Waals surface area contributed by atoms with Crippen molar-refractivity contribution in [2.75, 3.05) is 0 Å². The van der Waals surface area contributed by atoms with Crippen LogP contribution in [0.15, 0.2) is 97.6 Å². The number of carboxylic acids is 4. The van der Waals surface area contributed by atoms with Crippen molar-refractivity contribution in [1.82, 2.24) is 39.9 Å². The summed E-state index contributed by atoms with van der Waals surface area (Å²) in [4.78, 5) is 76.8. The molecule has 58 heavy (non-hydrogen) atoms. The average molecular weight is 899 g/mol. The number of nitrogens with zero attached hydrogens (tertiary/aromatic N) is 8. The van der Waals surface area contributed by atoms with Crippen molar-refractivity contribution < 1.29 is 118 Å². The zero-order valence-corrected chi connectivity index (χ0v) is 31.5. The van der Waals surface area contributed by atoms with Crippen molar-refractivity contribution >= 4 is 23.9 Å². The second kappa shape index (κ2) is 28.7. The van der Waals surface area contributed by atoms with Crippen LogP contribution in [0.25, 0.3) is 45.6 Å². The van der Waals surface area contributed by atoms with Crippen LogP contribution in [0.2, 0.25) is 0 Å². The van der Waals surface area contributed by atoms with Gasteiger partial charge in [-0.15, -0.1) is 0 Å². The Labute approximate surface area is 346 Å². The fraction of sp³-hybridized carbons (Fsp3) is 0. The Balaban J connectivity index is -0.000000199. The summed E-state index contributed by atoms with van der Waals surface area (Å²) in [6.07, 6.45) is 5.96. The first-order valence-corrected chi connectivity index (χ1v) is 13.5. The van der Waals surface area contributed by atoms with E-state index in [1.807, 2.05) is 0 Å². The van der Waals surface area contributed by atoms with Gasteiger partial charge in [0.25, 0.3) is 0 Å². The maximum atomic E-state index is 11.2. The molecule has 0 aliphatic rings. The molecule has 0 amide bonds. The Kier molecular flexibility index (Phi) is 31.3. The van der Waals surface area contributed by atoms with Crippen LogP contribution < -0.4 is 20.4 Å². The molecule has 6 rings (SSSR count). The van der Waals surface area contributed by atoms with Crippen LogP contribution in [0.4, 0.5) is 0 Å². The number of carbonyl (C=O) groups excluding carboxylic acids is 4. The third kappa shape index (κ3) is 14.5. The van der Waals surface area contributed by atoms with E-state index in [2.05, 4.69) is 39.9 Å². The predicted octanol–water partition coefficient (Wildman–Crippen LogP) is -8.34. The van der Waals surface area contributed by atoms with Gasteiger partial charge >= 0.3 is 34.1 Å². The normalized spacial score (nSPS) is 8.55. The Hall–Kier alpha value is -6.64. The van der Waals surface area contributed by atoms with E-state index in [4.69, 9.17) is 0 Å². The number of aromatic carboxylic acids is 4. The van der Waals surface area contributed by atoms with E-state index in [1.54, 1.807) is 72.8 Å². The van der Waals surface area contributed by atoms with E-state index in [0.717, 1.165) is 0 Å². The van der Waals surface area contributed by atoms with Gasteiger partial charge in [-0.05, 0) is 48.5 Å². The fourth-order valence-electron chi connectivity index (χ4n) is 4.17. The van der Waals surface area contributed by atoms with Crippen LogP contribution in [-0.2, 0) is 56.0 Å². The SMILES string of the molecule is O.O.O.O.O=C([O-])c1nc(-c2ccccn2)c(-c2ccccn2)nc1C(=O)[O-].O=C([O-])c1nc(-c2ccccn2)c(-c2ccccn2)nc1C(=O)[O-].[Mn+2].[Mn+2].[OH3+].[OH3+].[OH3+].[OH3+]. The molecule has 0 bridgehead atoms. The summed E-state index contributed by atoms with van der Waals surface area (Å²) in [5, 5.41) is 44.9. The molecule has 0 saturated heterocycles. The van der Waals surface area contributed by atoms with Gasteiger partial charge in [0.15, 0.2) is 0 Å². The summed E-state index contributed by atoms with van der Waals surface area (Å²) in [5.41, 5.74) is -1.70. The molecule has 0 fully saturated rings. The number of aromatic nitrogens is 8. The van der Waals surface area contributed by atoms with Crippen molar-refractivity contribution in [3.8, 4) is 45.6 Å². The van der Waals surface area contributed by atoms with Crippen molar-refractivity contribution in [3.63, 3.8) is 0 Å². The van der Waals surface area contributed by atoms with Gasteiger partial charge in [0.2, 0.25) is 0 Å². The summed E-state index contributed by atoms with van der Waals surface area (Å²) in [7, 11) is 0. The second-order valence-electron chi connectivity index (χ2n) is 9.25. The van der Waals surface area contributed by atoms with Crippen LogP contribution in [0.5, 0.6) is 0 Å². The minimum absolute atomic E-state index is 0. The van der Waals surface area contributed by atoms with Gasteiger partial charge in [-0.3, -0.25) is 19.9 Å². The molecule has 20 N–H and O–H groups in total. The van der Waals surface area contributed by atoms with Gasteiger partial charge in [-0.1, -0.05) is 24.3 Å². The van der Waals surface area contributed by atoms with Gasteiger partial charge in [0.05, 0.1) is 46.7 Å². The van der Waals surface area contributed by atoms with Crippen LogP contribution in [0.3, 0.4) is 0 Å². The van der Waals surface area contributed by atoms with E-state index >= 15 is 0 Å². The Bertz CT molecular complexity index is 1860. The second-order valence-corrected chi connectivity index (χ2v) is 9.25. The minimum atomic E-state index is -1.77.